The van der Waals surface area contributed by atoms with Crippen molar-refractivity contribution < 1.29 is 28.5 Å². The number of hydrogen-bond donors (Lipinski definition) is 0. The Labute approximate surface area is 166 Å². The number of benzene rings is 1. The molecule has 0 spiro atoms. The summed E-state index contributed by atoms with van der Waals surface area (Å²) in [7, 11) is 0. The van der Waals surface area contributed by atoms with Crippen LogP contribution in [0.1, 0.15) is 64.5 Å². The Morgan fingerprint density at radius 3 is 1.43 bits per heavy atom. The van der Waals surface area contributed by atoms with E-state index in [4.69, 9.17) is 18.9 Å². The summed E-state index contributed by atoms with van der Waals surface area (Å²) in [6, 6.07) is 7.67. The smallest absolute Gasteiger partial charge is 0.306 e. The van der Waals surface area contributed by atoms with Crippen LogP contribution in [0.15, 0.2) is 24.3 Å². The molecule has 0 aromatic heterocycles. The summed E-state index contributed by atoms with van der Waals surface area (Å²) in [6.07, 6.45) is 2.58. The van der Waals surface area contributed by atoms with Gasteiger partial charge in [-0.15, -0.1) is 0 Å². The van der Waals surface area contributed by atoms with Crippen LogP contribution in [0, 0.1) is 0 Å². The second kappa shape index (κ2) is 8.21. The molecule has 2 heterocycles. The van der Waals surface area contributed by atoms with Gasteiger partial charge in [0.2, 0.25) is 0 Å². The van der Waals surface area contributed by atoms with Crippen molar-refractivity contribution in [2.45, 2.75) is 76.8 Å². The monoisotopic (exact) mass is 390 g/mol. The molecule has 1 aromatic carbocycles. The zero-order chi connectivity index (χ0) is 20.4. The van der Waals surface area contributed by atoms with Crippen molar-refractivity contribution in [3.05, 3.63) is 35.4 Å². The molecule has 2 atom stereocenters. The summed E-state index contributed by atoms with van der Waals surface area (Å²) >= 11 is 0. The zero-order valence-electron chi connectivity index (χ0n) is 17.2. The molecule has 3 rings (SSSR count). The van der Waals surface area contributed by atoms with Gasteiger partial charge in [0.15, 0.2) is 0 Å². The van der Waals surface area contributed by atoms with E-state index in [-0.39, 0.29) is 24.1 Å². The average Bonchev–Trinajstić information content (AvgIpc) is 3.53. The maximum absolute atomic E-state index is 12.1. The van der Waals surface area contributed by atoms with E-state index in [0.717, 1.165) is 24.3 Å². The van der Waals surface area contributed by atoms with Crippen LogP contribution in [-0.4, -0.2) is 37.4 Å². The van der Waals surface area contributed by atoms with E-state index in [1.54, 1.807) is 0 Å². The third kappa shape index (κ3) is 6.04. The third-order valence-electron chi connectivity index (χ3n) is 5.16. The number of rotatable bonds is 10. The van der Waals surface area contributed by atoms with Gasteiger partial charge in [0.1, 0.15) is 11.2 Å². The molecule has 6 nitrogen and oxygen atoms in total. The minimum atomic E-state index is -0.731. The first-order chi connectivity index (χ1) is 13.2. The van der Waals surface area contributed by atoms with Crippen LogP contribution in [0.3, 0.4) is 0 Å². The van der Waals surface area contributed by atoms with Crippen LogP contribution >= 0.6 is 0 Å². The van der Waals surface area contributed by atoms with E-state index in [0.29, 0.717) is 25.7 Å². The number of esters is 2. The molecule has 2 aliphatic heterocycles. The Kier molecular flexibility index (Phi) is 6.10. The van der Waals surface area contributed by atoms with Crippen molar-refractivity contribution in [2.24, 2.45) is 0 Å². The lowest BCUT2D eigenvalue weighted by atomic mass is 9.92. The largest absolute Gasteiger partial charge is 0.455 e. The summed E-state index contributed by atoms with van der Waals surface area (Å²) in [5.41, 5.74) is 0.316. The van der Waals surface area contributed by atoms with Gasteiger partial charge < -0.3 is 18.9 Å². The fraction of sp³-hybridized carbons (Fsp3) is 0.636. The van der Waals surface area contributed by atoms with E-state index >= 15 is 0 Å². The second-order valence-electron chi connectivity index (χ2n) is 8.53. The molecule has 1 aromatic rings. The van der Waals surface area contributed by atoms with Crippen LogP contribution in [0.25, 0.3) is 0 Å². The number of hydrogen-bond acceptors (Lipinski definition) is 6. The van der Waals surface area contributed by atoms with Crippen LogP contribution in [-0.2, 0) is 39.7 Å². The SMILES string of the molecule is CC(C)(OC(=O)CCC1CO1)c1ccc(C(C)(C)OC(=O)CCC2CO2)cc1. The maximum atomic E-state index is 12.1. The van der Waals surface area contributed by atoms with Crippen LogP contribution in [0.5, 0.6) is 0 Å². The summed E-state index contributed by atoms with van der Waals surface area (Å²) in [4.78, 5) is 24.2. The number of epoxide rings is 2. The molecule has 6 heteroatoms. The number of carbonyl (C=O) groups excluding carboxylic acids is 2. The minimum absolute atomic E-state index is 0.219. The molecule has 2 aliphatic rings. The Bertz CT molecular complexity index is 637. The first kappa shape index (κ1) is 20.8. The highest BCUT2D eigenvalue weighted by Gasteiger charge is 2.31. The normalized spacial score (nSPS) is 21.1. The maximum Gasteiger partial charge on any atom is 0.306 e. The molecule has 154 valence electrons. The van der Waals surface area contributed by atoms with Gasteiger partial charge in [-0.3, -0.25) is 9.59 Å². The minimum Gasteiger partial charge on any atom is -0.455 e. The van der Waals surface area contributed by atoms with Gasteiger partial charge >= 0.3 is 11.9 Å². The highest BCUT2D eigenvalue weighted by atomic mass is 16.6. The Morgan fingerprint density at radius 2 is 1.14 bits per heavy atom. The van der Waals surface area contributed by atoms with Crippen LogP contribution < -0.4 is 0 Å². The predicted octanol–water partition coefficient (Wildman–Crippen LogP) is 3.60. The van der Waals surface area contributed by atoms with Gasteiger partial charge in [0, 0.05) is 12.8 Å². The first-order valence-electron chi connectivity index (χ1n) is 9.93. The standard InChI is InChI=1S/C22H30O6/c1-21(2,27-19(23)11-9-17-13-25-17)15-5-7-16(8-6-15)22(3,4)28-20(24)12-10-18-14-26-18/h5-8,17-18H,9-14H2,1-4H3. The molecular weight excluding hydrogens is 360 g/mol. The fourth-order valence-electron chi connectivity index (χ4n) is 3.09. The van der Waals surface area contributed by atoms with Crippen molar-refractivity contribution >= 4 is 11.9 Å². The lowest BCUT2D eigenvalue weighted by Gasteiger charge is -2.29. The lowest BCUT2D eigenvalue weighted by molar-refractivity contribution is -0.159. The Hall–Kier alpha value is -1.92. The van der Waals surface area contributed by atoms with Crippen molar-refractivity contribution in [2.75, 3.05) is 13.2 Å². The summed E-state index contributed by atoms with van der Waals surface area (Å²) < 4.78 is 21.6. The van der Waals surface area contributed by atoms with E-state index < -0.39 is 11.2 Å². The van der Waals surface area contributed by atoms with Crippen molar-refractivity contribution in [3.8, 4) is 0 Å². The molecule has 2 fully saturated rings. The molecule has 0 radical (unpaired) electrons. The van der Waals surface area contributed by atoms with E-state index in [2.05, 4.69) is 0 Å². The highest BCUT2D eigenvalue weighted by Crippen LogP contribution is 2.31. The van der Waals surface area contributed by atoms with Gasteiger partial charge in [-0.25, -0.2) is 0 Å². The Morgan fingerprint density at radius 1 is 0.821 bits per heavy atom. The van der Waals surface area contributed by atoms with Gasteiger partial charge in [0.25, 0.3) is 0 Å². The third-order valence-corrected chi connectivity index (χ3v) is 5.16. The van der Waals surface area contributed by atoms with Gasteiger partial charge in [-0.1, -0.05) is 24.3 Å². The quantitative estimate of drug-likeness (QED) is 0.449. The summed E-state index contributed by atoms with van der Waals surface area (Å²) in [5.74, 6) is -0.447. The van der Waals surface area contributed by atoms with Crippen molar-refractivity contribution in [1.29, 1.82) is 0 Å². The Balaban J connectivity index is 1.55. The molecule has 0 saturated carbocycles. The topological polar surface area (TPSA) is 77.7 Å². The number of ether oxygens (including phenoxy) is 4. The fourth-order valence-corrected chi connectivity index (χ4v) is 3.09. The van der Waals surface area contributed by atoms with Gasteiger partial charge in [0.05, 0.1) is 25.4 Å². The first-order valence-corrected chi connectivity index (χ1v) is 9.93. The van der Waals surface area contributed by atoms with E-state index in [1.807, 2.05) is 52.0 Å². The molecule has 0 aliphatic carbocycles. The van der Waals surface area contributed by atoms with Crippen molar-refractivity contribution in [1.82, 2.24) is 0 Å². The van der Waals surface area contributed by atoms with Crippen LogP contribution in [0.2, 0.25) is 0 Å². The van der Waals surface area contributed by atoms with Gasteiger partial charge in [-0.05, 0) is 51.7 Å². The summed E-state index contributed by atoms with van der Waals surface area (Å²) in [6.45, 7) is 8.98. The van der Waals surface area contributed by atoms with E-state index in [9.17, 15) is 9.59 Å². The van der Waals surface area contributed by atoms with Gasteiger partial charge in [-0.2, -0.15) is 0 Å². The predicted molar refractivity (Wildman–Crippen MR) is 103 cm³/mol. The molecule has 0 amide bonds. The molecule has 2 saturated heterocycles. The molecule has 28 heavy (non-hydrogen) atoms. The van der Waals surface area contributed by atoms with Crippen molar-refractivity contribution in [3.63, 3.8) is 0 Å². The number of carbonyl (C=O) groups is 2. The van der Waals surface area contributed by atoms with Crippen LogP contribution in [0.4, 0.5) is 0 Å². The molecular formula is C22H30O6. The second-order valence-corrected chi connectivity index (χ2v) is 8.53. The zero-order valence-corrected chi connectivity index (χ0v) is 17.2. The average molecular weight is 390 g/mol. The summed E-state index contributed by atoms with van der Waals surface area (Å²) in [5, 5.41) is 0. The van der Waals surface area contributed by atoms with E-state index in [1.165, 1.54) is 0 Å². The molecule has 0 bridgehead atoms. The molecule has 2 unspecified atom stereocenters. The molecule has 0 N–H and O–H groups in total. The highest BCUT2D eigenvalue weighted by molar-refractivity contribution is 5.70. The lowest BCUT2D eigenvalue weighted by Crippen LogP contribution is -2.27.